The van der Waals surface area contributed by atoms with Crippen molar-refractivity contribution >= 4 is 10.8 Å². The molecule has 0 bridgehead atoms. The molecule has 3 rings (SSSR count). The third kappa shape index (κ3) is 2.75. The van der Waals surface area contributed by atoms with Gasteiger partial charge in [-0.3, -0.25) is 0 Å². The molecule has 1 aliphatic carbocycles. The number of hydrogen-bond donors (Lipinski definition) is 0. The number of rotatable bonds is 3. The monoisotopic (exact) mass is 266 g/mol. The first-order valence-corrected chi connectivity index (χ1v) is 8.32. The first-order chi connectivity index (χ1) is 9.80. The Balaban J connectivity index is 1.82. The molecule has 1 aliphatic rings. The van der Waals surface area contributed by atoms with Gasteiger partial charge in [0.05, 0.1) is 0 Å². The average molecular weight is 266 g/mol. The molecule has 2 aromatic carbocycles. The van der Waals surface area contributed by atoms with E-state index >= 15 is 0 Å². The second-order valence-electron chi connectivity index (χ2n) is 6.42. The zero-order chi connectivity index (χ0) is 13.9. The van der Waals surface area contributed by atoms with E-state index in [0.717, 1.165) is 18.3 Å². The van der Waals surface area contributed by atoms with Crippen LogP contribution in [0.1, 0.15) is 63.0 Å². The molecule has 0 heteroatoms. The molecule has 1 saturated carbocycles. The van der Waals surface area contributed by atoms with Crippen molar-refractivity contribution in [3.63, 3.8) is 0 Å². The standard InChI is InChI=1S/C20H26/c1-3-15-5-8-17(9-6-15)19-12-11-18-13-16(4-2)7-10-20(18)14-19/h7,10-15,17H,3-6,8-9H2,1-2H3/t15-,17-. The summed E-state index contributed by atoms with van der Waals surface area (Å²) < 4.78 is 0. The summed E-state index contributed by atoms with van der Waals surface area (Å²) in [6.07, 6.45) is 8.11. The Bertz CT molecular complexity index is 574. The maximum atomic E-state index is 2.44. The molecular weight excluding hydrogens is 240 g/mol. The summed E-state index contributed by atoms with van der Waals surface area (Å²) in [6.45, 7) is 4.56. The predicted molar refractivity (Wildman–Crippen MR) is 88.3 cm³/mol. The van der Waals surface area contributed by atoms with Crippen LogP contribution in [0.15, 0.2) is 36.4 Å². The van der Waals surface area contributed by atoms with Gasteiger partial charge in [-0.25, -0.2) is 0 Å². The van der Waals surface area contributed by atoms with Gasteiger partial charge in [0.15, 0.2) is 0 Å². The molecule has 0 aliphatic heterocycles. The van der Waals surface area contributed by atoms with Crippen molar-refractivity contribution in [1.29, 1.82) is 0 Å². The molecule has 0 spiro atoms. The predicted octanol–water partition coefficient (Wildman–Crippen LogP) is 6.09. The Kier molecular flexibility index (Phi) is 4.10. The zero-order valence-electron chi connectivity index (χ0n) is 12.9. The second kappa shape index (κ2) is 5.99. The van der Waals surface area contributed by atoms with E-state index in [1.165, 1.54) is 48.4 Å². The fraction of sp³-hybridized carbons (Fsp3) is 0.500. The molecular formula is C20H26. The lowest BCUT2D eigenvalue weighted by atomic mass is 9.77. The van der Waals surface area contributed by atoms with E-state index in [-0.39, 0.29) is 0 Å². The van der Waals surface area contributed by atoms with Crippen LogP contribution in [-0.2, 0) is 6.42 Å². The molecule has 1 fully saturated rings. The highest BCUT2D eigenvalue weighted by Gasteiger charge is 2.21. The van der Waals surface area contributed by atoms with E-state index in [1.807, 2.05) is 0 Å². The minimum Gasteiger partial charge on any atom is -0.0651 e. The van der Waals surface area contributed by atoms with Crippen LogP contribution < -0.4 is 0 Å². The third-order valence-corrected chi connectivity index (χ3v) is 5.23. The molecule has 0 amide bonds. The molecule has 0 nitrogen and oxygen atoms in total. The summed E-state index contributed by atoms with van der Waals surface area (Å²) in [4.78, 5) is 0. The fourth-order valence-corrected chi connectivity index (χ4v) is 3.69. The third-order valence-electron chi connectivity index (χ3n) is 5.23. The van der Waals surface area contributed by atoms with E-state index in [1.54, 1.807) is 5.56 Å². The highest BCUT2D eigenvalue weighted by atomic mass is 14.3. The van der Waals surface area contributed by atoms with Crippen LogP contribution >= 0.6 is 0 Å². The van der Waals surface area contributed by atoms with E-state index in [2.05, 4.69) is 50.2 Å². The molecule has 0 heterocycles. The Morgan fingerprint density at radius 2 is 1.55 bits per heavy atom. The summed E-state index contributed by atoms with van der Waals surface area (Å²) in [6, 6.07) is 14.1. The van der Waals surface area contributed by atoms with E-state index < -0.39 is 0 Å². The van der Waals surface area contributed by atoms with Crippen molar-refractivity contribution < 1.29 is 0 Å². The highest BCUT2D eigenvalue weighted by molar-refractivity contribution is 5.84. The van der Waals surface area contributed by atoms with Crippen molar-refractivity contribution in [3.8, 4) is 0 Å². The topological polar surface area (TPSA) is 0 Å². The van der Waals surface area contributed by atoms with Crippen LogP contribution in [0.4, 0.5) is 0 Å². The maximum Gasteiger partial charge on any atom is -0.0162 e. The SMILES string of the molecule is CCc1ccc2cc([C@H]3CC[C@H](CC)CC3)ccc2c1. The minimum atomic E-state index is 0.799. The van der Waals surface area contributed by atoms with Crippen LogP contribution in [0, 0.1) is 5.92 Å². The average Bonchev–Trinajstić information content (AvgIpc) is 2.54. The van der Waals surface area contributed by atoms with Gasteiger partial charge < -0.3 is 0 Å². The van der Waals surface area contributed by atoms with Crippen molar-refractivity contribution in [3.05, 3.63) is 47.5 Å². The van der Waals surface area contributed by atoms with Gasteiger partial charge in [-0.05, 0) is 65.8 Å². The van der Waals surface area contributed by atoms with Gasteiger partial charge in [-0.2, -0.15) is 0 Å². The molecule has 20 heavy (non-hydrogen) atoms. The molecule has 106 valence electrons. The van der Waals surface area contributed by atoms with Gasteiger partial charge in [-0.15, -0.1) is 0 Å². The first kappa shape index (κ1) is 13.7. The van der Waals surface area contributed by atoms with E-state index in [9.17, 15) is 0 Å². The Morgan fingerprint density at radius 3 is 2.25 bits per heavy atom. The summed E-state index contributed by atoms with van der Waals surface area (Å²) in [7, 11) is 0. The molecule has 0 atom stereocenters. The van der Waals surface area contributed by atoms with Crippen LogP contribution in [0.2, 0.25) is 0 Å². The Morgan fingerprint density at radius 1 is 0.850 bits per heavy atom. The van der Waals surface area contributed by atoms with Crippen LogP contribution in [0.25, 0.3) is 10.8 Å². The number of fused-ring (bicyclic) bond motifs is 1. The summed E-state index contributed by atoms with van der Waals surface area (Å²) in [5.41, 5.74) is 3.00. The van der Waals surface area contributed by atoms with E-state index in [4.69, 9.17) is 0 Å². The Hall–Kier alpha value is -1.30. The smallest absolute Gasteiger partial charge is 0.0162 e. The van der Waals surface area contributed by atoms with E-state index in [0.29, 0.717) is 0 Å². The molecule has 0 unspecified atom stereocenters. The van der Waals surface area contributed by atoms with Gasteiger partial charge in [0.1, 0.15) is 0 Å². The maximum absolute atomic E-state index is 2.44. The van der Waals surface area contributed by atoms with Crippen molar-refractivity contribution in [1.82, 2.24) is 0 Å². The van der Waals surface area contributed by atoms with Gasteiger partial charge in [-0.1, -0.05) is 56.7 Å². The van der Waals surface area contributed by atoms with Crippen LogP contribution in [-0.4, -0.2) is 0 Å². The summed E-state index contributed by atoms with van der Waals surface area (Å²) in [5.74, 6) is 1.78. The quantitative estimate of drug-likeness (QED) is 0.631. The van der Waals surface area contributed by atoms with Crippen LogP contribution in [0.5, 0.6) is 0 Å². The lowest BCUT2D eigenvalue weighted by Crippen LogP contribution is -2.12. The molecule has 0 N–H and O–H groups in total. The largest absolute Gasteiger partial charge is 0.0651 e. The zero-order valence-corrected chi connectivity index (χ0v) is 12.9. The molecule has 2 aromatic rings. The summed E-state index contributed by atoms with van der Waals surface area (Å²) >= 11 is 0. The highest BCUT2D eigenvalue weighted by Crippen LogP contribution is 2.37. The lowest BCUT2D eigenvalue weighted by molar-refractivity contribution is 0.319. The number of benzene rings is 2. The molecule has 0 saturated heterocycles. The van der Waals surface area contributed by atoms with Crippen molar-refractivity contribution in [2.75, 3.05) is 0 Å². The molecule has 0 radical (unpaired) electrons. The number of aryl methyl sites for hydroxylation is 1. The normalized spacial score (nSPS) is 23.1. The van der Waals surface area contributed by atoms with Crippen molar-refractivity contribution in [2.24, 2.45) is 5.92 Å². The van der Waals surface area contributed by atoms with Crippen LogP contribution in [0.3, 0.4) is 0 Å². The van der Waals surface area contributed by atoms with Crippen molar-refractivity contribution in [2.45, 2.75) is 58.3 Å². The number of hydrogen-bond acceptors (Lipinski definition) is 0. The second-order valence-corrected chi connectivity index (χ2v) is 6.42. The Labute approximate surface area is 123 Å². The molecule has 0 aromatic heterocycles. The van der Waals surface area contributed by atoms with Gasteiger partial charge in [0, 0.05) is 0 Å². The van der Waals surface area contributed by atoms with Gasteiger partial charge >= 0.3 is 0 Å². The minimum absolute atomic E-state index is 0.799. The fourth-order valence-electron chi connectivity index (χ4n) is 3.69. The summed E-state index contributed by atoms with van der Waals surface area (Å²) in [5, 5.41) is 2.81. The van der Waals surface area contributed by atoms with Gasteiger partial charge in [0.2, 0.25) is 0 Å². The van der Waals surface area contributed by atoms with Gasteiger partial charge in [0.25, 0.3) is 0 Å². The lowest BCUT2D eigenvalue weighted by Gasteiger charge is -2.28. The first-order valence-electron chi connectivity index (χ1n) is 8.32.